The highest BCUT2D eigenvalue weighted by atomic mass is 32.2. The fourth-order valence-corrected chi connectivity index (χ4v) is 5.63. The van der Waals surface area contributed by atoms with Gasteiger partial charge in [-0.3, -0.25) is 14.4 Å². The highest BCUT2D eigenvalue weighted by molar-refractivity contribution is 7.90. The molecule has 35 heavy (non-hydrogen) atoms. The number of aryl methyl sites for hydroxylation is 1. The van der Waals surface area contributed by atoms with E-state index in [4.69, 9.17) is 0 Å². The molecule has 188 valence electrons. The topological polar surface area (TPSA) is 104 Å². The molecule has 1 N–H and O–H groups in total. The van der Waals surface area contributed by atoms with E-state index >= 15 is 0 Å². The molecule has 0 bridgehead atoms. The predicted octanol–water partition coefficient (Wildman–Crippen LogP) is 3.25. The van der Waals surface area contributed by atoms with E-state index in [2.05, 4.69) is 5.32 Å². The zero-order chi connectivity index (χ0) is 25.8. The minimum atomic E-state index is -3.92. The van der Waals surface area contributed by atoms with Gasteiger partial charge in [-0.1, -0.05) is 48.9 Å². The predicted molar refractivity (Wildman–Crippen MR) is 133 cm³/mol. The summed E-state index contributed by atoms with van der Waals surface area (Å²) in [4.78, 5) is 40.2. The Balaban J connectivity index is 1.71. The zero-order valence-corrected chi connectivity index (χ0v) is 21.5. The molecular formula is C26H33N3O5S. The van der Waals surface area contributed by atoms with Crippen LogP contribution in [0.4, 0.5) is 0 Å². The number of carbonyl (C=O) groups is 3. The van der Waals surface area contributed by atoms with Crippen LogP contribution >= 0.6 is 0 Å². The van der Waals surface area contributed by atoms with Gasteiger partial charge in [0, 0.05) is 25.6 Å². The summed E-state index contributed by atoms with van der Waals surface area (Å²) in [5.41, 5.74) is 2.09. The lowest BCUT2D eigenvalue weighted by Crippen LogP contribution is -2.49. The van der Waals surface area contributed by atoms with E-state index in [0.717, 1.165) is 21.9 Å². The molecule has 1 aliphatic heterocycles. The van der Waals surface area contributed by atoms with Crippen molar-refractivity contribution >= 4 is 27.7 Å². The largest absolute Gasteiger partial charge is 0.352 e. The van der Waals surface area contributed by atoms with Crippen molar-refractivity contribution in [3.05, 3.63) is 65.2 Å². The number of rotatable bonds is 10. The summed E-state index contributed by atoms with van der Waals surface area (Å²) in [5, 5.41) is 2.92. The first-order valence-electron chi connectivity index (χ1n) is 11.9. The molecule has 0 saturated heterocycles. The second kappa shape index (κ2) is 11.0. The Kier molecular flexibility index (Phi) is 8.32. The molecule has 0 fully saturated rings. The second-order valence-corrected chi connectivity index (χ2v) is 10.8. The summed E-state index contributed by atoms with van der Waals surface area (Å²) in [6.45, 7) is 7.67. The van der Waals surface area contributed by atoms with Crippen LogP contribution in [-0.2, 0) is 26.2 Å². The minimum Gasteiger partial charge on any atom is -0.352 e. The molecule has 2 aromatic carbocycles. The van der Waals surface area contributed by atoms with Crippen LogP contribution in [0.15, 0.2) is 53.4 Å². The molecule has 3 amide bonds. The second-order valence-electron chi connectivity index (χ2n) is 8.99. The Hall–Kier alpha value is -3.20. The smallest absolute Gasteiger partial charge is 0.269 e. The lowest BCUT2D eigenvalue weighted by atomic mass is 10.1. The number of carbonyl (C=O) groups excluding carboxylic acids is 3. The van der Waals surface area contributed by atoms with Gasteiger partial charge in [0.15, 0.2) is 0 Å². The lowest BCUT2D eigenvalue weighted by Gasteiger charge is -2.30. The molecule has 0 saturated carbocycles. The summed E-state index contributed by atoms with van der Waals surface area (Å²) in [7, 11) is -3.92. The van der Waals surface area contributed by atoms with Crippen molar-refractivity contribution in [2.75, 3.05) is 6.54 Å². The fraction of sp³-hybridized carbons (Fsp3) is 0.423. The molecule has 0 spiro atoms. The van der Waals surface area contributed by atoms with Crippen LogP contribution < -0.4 is 5.32 Å². The molecule has 0 unspecified atom stereocenters. The highest BCUT2D eigenvalue weighted by Crippen LogP contribution is 2.30. The van der Waals surface area contributed by atoms with Gasteiger partial charge in [-0.15, -0.1) is 0 Å². The van der Waals surface area contributed by atoms with Crippen molar-refractivity contribution in [1.82, 2.24) is 14.5 Å². The lowest BCUT2D eigenvalue weighted by molar-refractivity contribution is -0.141. The first-order valence-corrected chi connectivity index (χ1v) is 13.3. The van der Waals surface area contributed by atoms with Gasteiger partial charge in [-0.2, -0.15) is 0 Å². The first-order chi connectivity index (χ1) is 16.6. The van der Waals surface area contributed by atoms with Crippen LogP contribution in [0.25, 0.3) is 0 Å². The average molecular weight is 500 g/mol. The summed E-state index contributed by atoms with van der Waals surface area (Å²) in [6.07, 6.45) is 0.926. The number of benzene rings is 2. The summed E-state index contributed by atoms with van der Waals surface area (Å²) < 4.78 is 26.4. The van der Waals surface area contributed by atoms with E-state index in [-0.39, 0.29) is 54.2 Å². The van der Waals surface area contributed by atoms with Gasteiger partial charge >= 0.3 is 0 Å². The number of nitrogens with one attached hydrogen (secondary N) is 1. The van der Waals surface area contributed by atoms with E-state index in [1.807, 2.05) is 45.0 Å². The van der Waals surface area contributed by atoms with Crippen molar-refractivity contribution in [3.8, 4) is 0 Å². The van der Waals surface area contributed by atoms with Gasteiger partial charge < -0.3 is 10.2 Å². The van der Waals surface area contributed by atoms with Crippen LogP contribution in [0.3, 0.4) is 0 Å². The number of amides is 3. The molecule has 1 heterocycles. The molecule has 2 aromatic rings. The van der Waals surface area contributed by atoms with Gasteiger partial charge in [-0.25, -0.2) is 12.7 Å². The number of nitrogens with zero attached hydrogens (tertiary/aromatic N) is 2. The van der Waals surface area contributed by atoms with E-state index in [0.29, 0.717) is 0 Å². The fourth-order valence-electron chi connectivity index (χ4n) is 4.03. The van der Waals surface area contributed by atoms with Crippen molar-refractivity contribution < 1.29 is 22.8 Å². The Morgan fingerprint density at radius 2 is 1.80 bits per heavy atom. The molecule has 0 radical (unpaired) electrons. The van der Waals surface area contributed by atoms with Gasteiger partial charge in [0.2, 0.25) is 11.8 Å². The molecule has 3 rings (SSSR count). The van der Waals surface area contributed by atoms with Crippen LogP contribution in [0.1, 0.15) is 61.5 Å². The van der Waals surface area contributed by atoms with E-state index in [1.165, 1.54) is 17.0 Å². The maximum atomic E-state index is 13.3. The third-order valence-electron chi connectivity index (χ3n) is 6.27. The number of hydrogen-bond donors (Lipinski definition) is 1. The molecule has 1 aliphatic rings. The normalized spacial score (nSPS) is 15.9. The van der Waals surface area contributed by atoms with E-state index < -0.39 is 22.0 Å². The Morgan fingerprint density at radius 3 is 2.46 bits per heavy atom. The molecular weight excluding hydrogens is 466 g/mol. The molecule has 9 heteroatoms. The Bertz CT molecular complexity index is 1210. The number of fused-ring (bicyclic) bond motifs is 1. The first kappa shape index (κ1) is 26.4. The molecule has 0 aromatic heterocycles. The summed E-state index contributed by atoms with van der Waals surface area (Å²) >= 11 is 0. The van der Waals surface area contributed by atoms with Crippen molar-refractivity contribution in [3.63, 3.8) is 0 Å². The maximum Gasteiger partial charge on any atom is 0.269 e. The molecule has 2 atom stereocenters. The monoisotopic (exact) mass is 499 g/mol. The maximum absolute atomic E-state index is 13.3. The van der Waals surface area contributed by atoms with Crippen molar-refractivity contribution in [2.24, 2.45) is 0 Å². The van der Waals surface area contributed by atoms with Crippen molar-refractivity contribution in [1.29, 1.82) is 0 Å². The summed E-state index contributed by atoms with van der Waals surface area (Å²) in [5.74, 6) is -1.10. The third kappa shape index (κ3) is 5.90. The third-order valence-corrected chi connectivity index (χ3v) is 8.11. The van der Waals surface area contributed by atoms with Gasteiger partial charge in [0.1, 0.15) is 10.9 Å². The van der Waals surface area contributed by atoms with E-state index in [9.17, 15) is 22.8 Å². The van der Waals surface area contributed by atoms with Gasteiger partial charge in [0.05, 0.1) is 5.56 Å². The van der Waals surface area contributed by atoms with E-state index in [1.54, 1.807) is 19.1 Å². The summed E-state index contributed by atoms with van der Waals surface area (Å²) in [6, 6.07) is 13.1. The SMILES string of the molecule is CC[C@H](C)NC(=O)[C@H](C)N(Cc1cccc(C)c1)C(=O)CCCN1C(=O)c2ccccc2S1(=O)=O. The van der Waals surface area contributed by atoms with Crippen LogP contribution in [0.5, 0.6) is 0 Å². The van der Waals surface area contributed by atoms with Crippen LogP contribution in [-0.4, -0.2) is 54.0 Å². The average Bonchev–Trinajstić information content (AvgIpc) is 3.02. The Morgan fingerprint density at radius 1 is 1.09 bits per heavy atom. The molecule has 0 aliphatic carbocycles. The zero-order valence-electron chi connectivity index (χ0n) is 20.7. The quantitative estimate of drug-likeness (QED) is 0.540. The highest BCUT2D eigenvalue weighted by Gasteiger charge is 2.40. The van der Waals surface area contributed by atoms with Crippen LogP contribution in [0, 0.1) is 6.92 Å². The van der Waals surface area contributed by atoms with Crippen LogP contribution in [0.2, 0.25) is 0 Å². The number of hydrogen-bond acceptors (Lipinski definition) is 5. The minimum absolute atomic E-state index is 0.00239. The number of sulfonamides is 1. The molecule has 8 nitrogen and oxygen atoms in total. The Labute approximate surface area is 207 Å². The standard InChI is InChI=1S/C26H33N3O5S/c1-5-19(3)27-25(31)20(4)28(17-21-11-8-10-18(2)16-21)24(30)14-9-15-29-26(32)22-12-6-7-13-23(22)35(29,33)34/h6-8,10-13,16,19-20H,5,9,14-15,17H2,1-4H3,(H,27,31)/t19-,20-/m0/s1. The van der Waals surface area contributed by atoms with Gasteiger partial charge in [0.25, 0.3) is 15.9 Å². The van der Waals surface area contributed by atoms with Gasteiger partial charge in [-0.05, 0) is 51.3 Å². The van der Waals surface area contributed by atoms with Crippen molar-refractivity contribution in [2.45, 2.75) is 70.5 Å².